The maximum Gasteiger partial charge on any atom is 0.338 e. The van der Waals surface area contributed by atoms with Crippen molar-refractivity contribution in [1.29, 1.82) is 0 Å². The Morgan fingerprint density at radius 2 is 1.63 bits per heavy atom. The van der Waals surface area contributed by atoms with Crippen LogP contribution in [0.15, 0.2) is 78.4 Å². The van der Waals surface area contributed by atoms with E-state index in [-0.39, 0.29) is 17.3 Å². The Labute approximate surface area is 222 Å². The third kappa shape index (κ3) is 5.05. The normalized spacial score (nSPS) is 16.7. The van der Waals surface area contributed by atoms with Gasteiger partial charge in [0.15, 0.2) is 0 Å². The molecule has 0 radical (unpaired) electrons. The Morgan fingerprint density at radius 3 is 2.24 bits per heavy atom. The minimum Gasteiger partial charge on any atom is -0.507 e. The summed E-state index contributed by atoms with van der Waals surface area (Å²) in [5.74, 6) is -1.49. The van der Waals surface area contributed by atoms with Gasteiger partial charge in [0, 0.05) is 11.3 Å². The van der Waals surface area contributed by atoms with Gasteiger partial charge in [0.25, 0.3) is 11.7 Å². The molecule has 1 atom stereocenters. The summed E-state index contributed by atoms with van der Waals surface area (Å²) in [4.78, 5) is 40.4. The monoisotopic (exact) mass is 513 g/mol. The number of nitrogens with zero attached hydrogens (tertiary/aromatic N) is 1. The molecule has 3 aromatic carbocycles. The second kappa shape index (κ2) is 11.3. The topological polar surface area (TPSA) is 93.1 Å². The standard InChI is InChI=1S/C31H31NO6/c1-5-17-38-31(36)21-11-14-23(15-12-21)32-27(20-9-7-6-8-10-20)26(29(34)30(32)35)28(33)22-13-16-25(37-4)24(18-22)19(2)3/h6-16,18-19,27,33H,5,17H2,1-4H3/b28-26-. The Balaban J connectivity index is 1.83. The highest BCUT2D eigenvalue weighted by Crippen LogP contribution is 2.42. The van der Waals surface area contributed by atoms with Gasteiger partial charge in [-0.15, -0.1) is 0 Å². The largest absolute Gasteiger partial charge is 0.507 e. The van der Waals surface area contributed by atoms with E-state index in [2.05, 4.69) is 0 Å². The molecule has 1 unspecified atom stereocenters. The molecule has 196 valence electrons. The van der Waals surface area contributed by atoms with Crippen molar-refractivity contribution >= 4 is 29.1 Å². The van der Waals surface area contributed by atoms with Crippen molar-refractivity contribution in [2.24, 2.45) is 0 Å². The third-order valence-electron chi connectivity index (χ3n) is 6.50. The lowest BCUT2D eigenvalue weighted by atomic mass is 9.93. The summed E-state index contributed by atoms with van der Waals surface area (Å²) in [6.07, 6.45) is 0.707. The van der Waals surface area contributed by atoms with E-state index < -0.39 is 23.7 Å². The molecule has 0 aliphatic carbocycles. The number of carbonyl (C=O) groups is 3. The van der Waals surface area contributed by atoms with Crippen LogP contribution in [0.2, 0.25) is 0 Å². The maximum absolute atomic E-state index is 13.4. The van der Waals surface area contributed by atoms with Gasteiger partial charge < -0.3 is 14.6 Å². The van der Waals surface area contributed by atoms with Crippen molar-refractivity contribution in [1.82, 2.24) is 0 Å². The molecule has 38 heavy (non-hydrogen) atoms. The van der Waals surface area contributed by atoms with Crippen LogP contribution in [0, 0.1) is 0 Å². The first-order chi connectivity index (χ1) is 18.3. The number of rotatable bonds is 8. The molecule has 1 heterocycles. The van der Waals surface area contributed by atoms with Crippen molar-refractivity contribution in [3.8, 4) is 5.75 Å². The van der Waals surface area contributed by atoms with E-state index >= 15 is 0 Å². The molecule has 7 nitrogen and oxygen atoms in total. The van der Waals surface area contributed by atoms with Crippen molar-refractivity contribution in [2.75, 3.05) is 18.6 Å². The molecule has 1 amide bonds. The molecule has 1 aliphatic rings. The lowest BCUT2D eigenvalue weighted by molar-refractivity contribution is -0.132. The van der Waals surface area contributed by atoms with Crippen molar-refractivity contribution in [3.05, 3.63) is 101 Å². The number of carbonyl (C=O) groups excluding carboxylic acids is 3. The summed E-state index contributed by atoms with van der Waals surface area (Å²) in [6.45, 7) is 6.23. The Kier molecular flexibility index (Phi) is 7.96. The molecular formula is C31H31NO6. The van der Waals surface area contributed by atoms with Gasteiger partial charge in [0.1, 0.15) is 11.5 Å². The molecule has 1 fully saturated rings. The van der Waals surface area contributed by atoms with Gasteiger partial charge in [-0.05, 0) is 65.9 Å². The average Bonchev–Trinajstić information content (AvgIpc) is 3.21. The van der Waals surface area contributed by atoms with Crippen LogP contribution in [0.3, 0.4) is 0 Å². The summed E-state index contributed by atoms with van der Waals surface area (Å²) in [6, 6.07) is 19.7. The molecule has 1 N–H and O–H groups in total. The predicted octanol–water partition coefficient (Wildman–Crippen LogP) is 6.01. The number of Topliss-reactive ketones (excluding diaryl/α,β-unsaturated/α-hetero) is 1. The highest BCUT2D eigenvalue weighted by molar-refractivity contribution is 6.51. The van der Waals surface area contributed by atoms with Gasteiger partial charge in [0.2, 0.25) is 0 Å². The minimum atomic E-state index is -0.862. The number of ketones is 1. The van der Waals surface area contributed by atoms with Crippen LogP contribution in [0.1, 0.15) is 66.2 Å². The zero-order valence-electron chi connectivity index (χ0n) is 21.9. The van der Waals surface area contributed by atoms with Gasteiger partial charge in [-0.25, -0.2) is 4.79 Å². The minimum absolute atomic E-state index is 0.00694. The van der Waals surface area contributed by atoms with Crippen LogP contribution in [0.25, 0.3) is 5.76 Å². The van der Waals surface area contributed by atoms with Crippen LogP contribution >= 0.6 is 0 Å². The van der Waals surface area contributed by atoms with Gasteiger partial charge in [0.05, 0.1) is 30.9 Å². The lowest BCUT2D eigenvalue weighted by Gasteiger charge is -2.25. The fraction of sp³-hybridized carbons (Fsp3) is 0.258. The van der Waals surface area contributed by atoms with Crippen LogP contribution in [0.5, 0.6) is 5.75 Å². The van der Waals surface area contributed by atoms with E-state index in [1.54, 1.807) is 61.7 Å². The number of esters is 1. The first-order valence-electron chi connectivity index (χ1n) is 12.6. The molecule has 1 saturated heterocycles. The third-order valence-corrected chi connectivity index (χ3v) is 6.50. The van der Waals surface area contributed by atoms with Gasteiger partial charge >= 0.3 is 5.97 Å². The zero-order valence-corrected chi connectivity index (χ0v) is 21.9. The molecule has 7 heteroatoms. The van der Waals surface area contributed by atoms with E-state index in [0.717, 1.165) is 5.56 Å². The predicted molar refractivity (Wildman–Crippen MR) is 145 cm³/mol. The van der Waals surface area contributed by atoms with Gasteiger partial charge in [-0.2, -0.15) is 0 Å². The van der Waals surface area contributed by atoms with Crippen LogP contribution in [0.4, 0.5) is 5.69 Å². The van der Waals surface area contributed by atoms with Crippen LogP contribution in [-0.2, 0) is 14.3 Å². The number of benzene rings is 3. The molecule has 3 aromatic rings. The quantitative estimate of drug-likeness (QED) is 0.172. The van der Waals surface area contributed by atoms with E-state index in [1.165, 1.54) is 4.90 Å². The molecule has 0 spiro atoms. The number of ether oxygens (including phenoxy) is 2. The maximum atomic E-state index is 13.4. The number of anilines is 1. The van der Waals surface area contributed by atoms with Crippen LogP contribution in [-0.4, -0.2) is 36.5 Å². The number of hydrogen-bond donors (Lipinski definition) is 1. The summed E-state index contributed by atoms with van der Waals surface area (Å²) in [7, 11) is 1.58. The van der Waals surface area contributed by atoms with Crippen molar-refractivity contribution in [3.63, 3.8) is 0 Å². The number of hydrogen-bond acceptors (Lipinski definition) is 6. The van der Waals surface area contributed by atoms with E-state index in [1.807, 2.05) is 39.0 Å². The molecule has 0 bridgehead atoms. The molecule has 0 saturated carbocycles. The summed E-state index contributed by atoms with van der Waals surface area (Å²) < 4.78 is 10.6. The van der Waals surface area contributed by atoms with Crippen molar-refractivity contribution < 1.29 is 29.0 Å². The summed E-state index contributed by atoms with van der Waals surface area (Å²) in [5, 5.41) is 11.5. The van der Waals surface area contributed by atoms with E-state index in [9.17, 15) is 19.5 Å². The molecule has 0 aromatic heterocycles. The van der Waals surface area contributed by atoms with Crippen LogP contribution < -0.4 is 9.64 Å². The number of methoxy groups -OCH3 is 1. The zero-order chi connectivity index (χ0) is 27.4. The van der Waals surface area contributed by atoms with E-state index in [0.29, 0.717) is 41.2 Å². The number of amides is 1. The number of aliphatic hydroxyl groups is 1. The fourth-order valence-electron chi connectivity index (χ4n) is 4.57. The highest BCUT2D eigenvalue weighted by Gasteiger charge is 2.47. The molecular weight excluding hydrogens is 482 g/mol. The smallest absolute Gasteiger partial charge is 0.338 e. The highest BCUT2D eigenvalue weighted by atomic mass is 16.5. The second-order valence-corrected chi connectivity index (χ2v) is 9.37. The molecule has 1 aliphatic heterocycles. The van der Waals surface area contributed by atoms with Gasteiger partial charge in [-0.3, -0.25) is 14.5 Å². The average molecular weight is 514 g/mol. The summed E-state index contributed by atoms with van der Waals surface area (Å²) in [5.41, 5.74) is 2.71. The first kappa shape index (κ1) is 26.7. The molecule has 4 rings (SSSR count). The first-order valence-corrected chi connectivity index (χ1v) is 12.6. The lowest BCUT2D eigenvalue weighted by Crippen LogP contribution is -2.29. The summed E-state index contributed by atoms with van der Waals surface area (Å²) >= 11 is 0. The Hall–Kier alpha value is -4.39. The second-order valence-electron chi connectivity index (χ2n) is 9.37. The number of aliphatic hydroxyl groups excluding tert-OH is 1. The van der Waals surface area contributed by atoms with E-state index in [4.69, 9.17) is 9.47 Å². The Bertz CT molecular complexity index is 1380. The fourth-order valence-corrected chi connectivity index (χ4v) is 4.57. The SMILES string of the molecule is CCCOC(=O)c1ccc(N2C(=O)C(=O)/C(=C(\O)c3ccc(OC)c(C(C)C)c3)C2c2ccccc2)cc1. The van der Waals surface area contributed by atoms with Crippen molar-refractivity contribution in [2.45, 2.75) is 39.2 Å². The van der Waals surface area contributed by atoms with Gasteiger partial charge in [-0.1, -0.05) is 51.1 Å². The Morgan fingerprint density at radius 1 is 0.974 bits per heavy atom.